The van der Waals surface area contributed by atoms with Gasteiger partial charge in [0.2, 0.25) is 0 Å². The minimum absolute atomic E-state index is 0.110. The third kappa shape index (κ3) is 5.82. The van der Waals surface area contributed by atoms with Crippen LogP contribution in [-0.2, 0) is 13.2 Å². The van der Waals surface area contributed by atoms with E-state index in [1.54, 1.807) is 66.5 Å². The van der Waals surface area contributed by atoms with E-state index < -0.39 is 5.91 Å². The molecule has 0 radical (unpaired) electrons. The van der Waals surface area contributed by atoms with Crippen molar-refractivity contribution in [2.24, 2.45) is 0 Å². The van der Waals surface area contributed by atoms with Crippen molar-refractivity contribution in [3.8, 4) is 11.5 Å². The van der Waals surface area contributed by atoms with Gasteiger partial charge in [0.1, 0.15) is 28.9 Å². The van der Waals surface area contributed by atoms with Crippen LogP contribution in [0.5, 0.6) is 11.5 Å². The number of hydrogen-bond acceptors (Lipinski definition) is 5. The topological polar surface area (TPSA) is 78.5 Å². The zero-order valence-electron chi connectivity index (χ0n) is 17.3. The summed E-state index contributed by atoms with van der Waals surface area (Å²) in [6.07, 6.45) is 1.61. The van der Waals surface area contributed by atoms with Gasteiger partial charge in [0.15, 0.2) is 11.6 Å². The maximum Gasteiger partial charge on any atom is 0.292 e. The molecule has 4 aromatic rings. The quantitative estimate of drug-likeness (QED) is 0.302. The van der Waals surface area contributed by atoms with Crippen LogP contribution in [0, 0.1) is 0 Å². The molecule has 0 aliphatic heterocycles. The Bertz CT molecular complexity index is 1270. The van der Waals surface area contributed by atoms with Gasteiger partial charge >= 0.3 is 0 Å². The predicted molar refractivity (Wildman–Crippen MR) is 127 cm³/mol. The highest BCUT2D eigenvalue weighted by Gasteiger charge is 2.16. The molecule has 2 aromatic carbocycles. The molecule has 0 fully saturated rings. The van der Waals surface area contributed by atoms with Crippen LogP contribution < -0.4 is 14.8 Å². The van der Waals surface area contributed by atoms with Crippen LogP contribution >= 0.6 is 34.8 Å². The van der Waals surface area contributed by atoms with Gasteiger partial charge in [0, 0.05) is 6.20 Å². The Morgan fingerprint density at radius 2 is 1.76 bits per heavy atom. The molecule has 0 saturated carbocycles. The third-order valence-electron chi connectivity index (χ3n) is 4.60. The molecule has 2 aromatic heterocycles. The fourth-order valence-corrected chi connectivity index (χ4v) is 3.48. The summed E-state index contributed by atoms with van der Waals surface area (Å²) in [7, 11) is 1.60. The first-order chi connectivity index (χ1) is 15.9. The van der Waals surface area contributed by atoms with Gasteiger partial charge in [-0.2, -0.15) is 5.10 Å². The number of benzene rings is 2. The smallest absolute Gasteiger partial charge is 0.292 e. The summed E-state index contributed by atoms with van der Waals surface area (Å²) >= 11 is 18.2. The van der Waals surface area contributed by atoms with E-state index in [1.807, 2.05) is 6.07 Å². The second kappa shape index (κ2) is 10.2. The number of hydrogen-bond donors (Lipinski definition) is 1. The first kappa shape index (κ1) is 23.0. The first-order valence-electron chi connectivity index (χ1n) is 9.75. The molecule has 1 amide bonds. The third-order valence-corrected chi connectivity index (χ3v) is 5.62. The molecule has 4 rings (SSSR count). The molecule has 7 nitrogen and oxygen atoms in total. The van der Waals surface area contributed by atoms with Crippen LogP contribution in [0.15, 0.2) is 65.2 Å². The van der Waals surface area contributed by atoms with Gasteiger partial charge in [-0.3, -0.25) is 9.48 Å². The van der Waals surface area contributed by atoms with Crippen molar-refractivity contribution in [2.75, 3.05) is 12.4 Å². The highest BCUT2D eigenvalue weighted by atomic mass is 35.5. The predicted octanol–water partition coefficient (Wildman–Crippen LogP) is 6.32. The molecular formula is C23H18Cl3N3O4. The van der Waals surface area contributed by atoms with E-state index in [2.05, 4.69) is 10.4 Å². The number of furan rings is 1. The molecule has 1 N–H and O–H groups in total. The SMILES string of the molecule is COc1ccc(OCc2ccc(C(=O)Nc3nn(Cc4ccc(Cl)c(Cl)c4)cc3Cl)o2)cc1. The molecule has 0 atom stereocenters. The van der Waals surface area contributed by atoms with E-state index in [0.717, 1.165) is 11.3 Å². The van der Waals surface area contributed by atoms with Crippen molar-refractivity contribution in [1.82, 2.24) is 9.78 Å². The Kier molecular flexibility index (Phi) is 7.13. The van der Waals surface area contributed by atoms with Crippen molar-refractivity contribution >= 4 is 46.5 Å². The van der Waals surface area contributed by atoms with E-state index in [0.29, 0.717) is 28.1 Å². The molecule has 0 aliphatic carbocycles. The van der Waals surface area contributed by atoms with Gasteiger partial charge in [-0.15, -0.1) is 0 Å². The average Bonchev–Trinajstić information content (AvgIpc) is 3.42. The number of nitrogens with one attached hydrogen (secondary N) is 1. The van der Waals surface area contributed by atoms with Crippen LogP contribution in [0.3, 0.4) is 0 Å². The number of carbonyl (C=O) groups is 1. The lowest BCUT2D eigenvalue weighted by Gasteiger charge is -2.05. The second-order valence-corrected chi connectivity index (χ2v) is 8.18. The van der Waals surface area contributed by atoms with Gasteiger partial charge in [0.25, 0.3) is 5.91 Å². The van der Waals surface area contributed by atoms with Crippen LogP contribution in [0.4, 0.5) is 5.82 Å². The summed E-state index contributed by atoms with van der Waals surface area (Å²) in [5.74, 6) is 1.72. The van der Waals surface area contributed by atoms with E-state index >= 15 is 0 Å². The largest absolute Gasteiger partial charge is 0.497 e. The number of amides is 1. The van der Waals surface area contributed by atoms with Crippen LogP contribution in [0.2, 0.25) is 15.1 Å². The zero-order chi connectivity index (χ0) is 23.4. The fraction of sp³-hybridized carbons (Fsp3) is 0.130. The fourth-order valence-electron chi connectivity index (χ4n) is 2.96. The summed E-state index contributed by atoms with van der Waals surface area (Å²) < 4.78 is 18.0. The Morgan fingerprint density at radius 1 is 1.00 bits per heavy atom. The van der Waals surface area contributed by atoms with Crippen molar-refractivity contribution in [3.63, 3.8) is 0 Å². The van der Waals surface area contributed by atoms with Gasteiger partial charge in [0.05, 0.1) is 23.7 Å². The summed E-state index contributed by atoms with van der Waals surface area (Å²) in [5, 5.41) is 8.18. The Hall–Kier alpha value is -3.13. The molecule has 0 aliphatic rings. The van der Waals surface area contributed by atoms with Crippen molar-refractivity contribution in [2.45, 2.75) is 13.2 Å². The molecule has 0 saturated heterocycles. The van der Waals surface area contributed by atoms with Gasteiger partial charge in [-0.25, -0.2) is 0 Å². The minimum atomic E-state index is -0.479. The Morgan fingerprint density at radius 3 is 2.48 bits per heavy atom. The highest BCUT2D eigenvalue weighted by Crippen LogP contribution is 2.25. The van der Waals surface area contributed by atoms with Gasteiger partial charge < -0.3 is 19.2 Å². The minimum Gasteiger partial charge on any atom is -0.497 e. The van der Waals surface area contributed by atoms with Gasteiger partial charge in [-0.05, 0) is 54.1 Å². The number of ether oxygens (including phenoxy) is 2. The number of nitrogens with zero attached hydrogens (tertiary/aromatic N) is 2. The molecule has 33 heavy (non-hydrogen) atoms. The number of rotatable bonds is 8. The number of anilines is 1. The molecule has 170 valence electrons. The molecule has 0 spiro atoms. The maximum atomic E-state index is 12.6. The van der Waals surface area contributed by atoms with E-state index in [4.69, 9.17) is 48.7 Å². The summed E-state index contributed by atoms with van der Waals surface area (Å²) in [6, 6.07) is 15.7. The summed E-state index contributed by atoms with van der Waals surface area (Å²) in [6.45, 7) is 0.568. The van der Waals surface area contributed by atoms with Crippen LogP contribution in [0.1, 0.15) is 21.9 Å². The molecule has 0 unspecified atom stereocenters. The number of methoxy groups -OCH3 is 1. The monoisotopic (exact) mass is 505 g/mol. The maximum absolute atomic E-state index is 12.6. The lowest BCUT2D eigenvalue weighted by atomic mass is 10.2. The van der Waals surface area contributed by atoms with Gasteiger partial charge in [-0.1, -0.05) is 40.9 Å². The normalized spacial score (nSPS) is 10.8. The van der Waals surface area contributed by atoms with Crippen LogP contribution in [0.25, 0.3) is 0 Å². The number of carbonyl (C=O) groups excluding carboxylic acids is 1. The lowest BCUT2D eigenvalue weighted by molar-refractivity contribution is 0.0992. The first-order valence-corrected chi connectivity index (χ1v) is 10.9. The Balaban J connectivity index is 1.36. The van der Waals surface area contributed by atoms with E-state index in [9.17, 15) is 4.79 Å². The molecular weight excluding hydrogens is 489 g/mol. The van der Waals surface area contributed by atoms with Crippen molar-refractivity contribution < 1.29 is 18.7 Å². The standard InChI is InChI=1S/C23H18Cl3N3O4/c1-31-15-3-5-16(6-4-15)32-13-17-7-9-21(33-17)23(30)27-22-20(26)12-29(28-22)11-14-2-8-18(24)19(25)10-14/h2-10,12H,11,13H2,1H3,(H,27,28,30). The highest BCUT2D eigenvalue weighted by molar-refractivity contribution is 6.42. The summed E-state index contributed by atoms with van der Waals surface area (Å²) in [4.78, 5) is 12.6. The van der Waals surface area contributed by atoms with Crippen molar-refractivity contribution in [1.29, 1.82) is 0 Å². The molecule has 10 heteroatoms. The van der Waals surface area contributed by atoms with Crippen molar-refractivity contribution in [3.05, 3.63) is 92.9 Å². The summed E-state index contributed by atoms with van der Waals surface area (Å²) in [5.41, 5.74) is 0.883. The van der Waals surface area contributed by atoms with Crippen LogP contribution in [-0.4, -0.2) is 22.8 Å². The number of aromatic nitrogens is 2. The Labute approximate surface area is 204 Å². The molecule has 0 bridgehead atoms. The zero-order valence-corrected chi connectivity index (χ0v) is 19.6. The average molecular weight is 507 g/mol. The lowest BCUT2D eigenvalue weighted by Crippen LogP contribution is -2.12. The number of halogens is 3. The van der Waals surface area contributed by atoms with E-state index in [1.165, 1.54) is 0 Å². The van der Waals surface area contributed by atoms with E-state index in [-0.39, 0.29) is 23.2 Å². The molecule has 2 heterocycles. The second-order valence-electron chi connectivity index (χ2n) is 6.96.